The van der Waals surface area contributed by atoms with Gasteiger partial charge in [-0.3, -0.25) is 9.69 Å². The van der Waals surface area contributed by atoms with Gasteiger partial charge in [-0.15, -0.1) is 0 Å². The summed E-state index contributed by atoms with van der Waals surface area (Å²) in [6.45, 7) is 3.36. The number of nitrogens with one attached hydrogen (secondary N) is 1. The van der Waals surface area contributed by atoms with Crippen molar-refractivity contribution in [1.29, 1.82) is 0 Å². The maximum Gasteiger partial charge on any atom is 0.227 e. The molecule has 4 heteroatoms. The van der Waals surface area contributed by atoms with Gasteiger partial charge in [-0.2, -0.15) is 0 Å². The molecule has 3 aliphatic rings. The Kier molecular flexibility index (Phi) is 3.34. The summed E-state index contributed by atoms with van der Waals surface area (Å²) in [6, 6.07) is 9.65. The van der Waals surface area contributed by atoms with Gasteiger partial charge in [0, 0.05) is 43.0 Å². The molecule has 4 nitrogen and oxygen atoms in total. The zero-order valence-electron chi connectivity index (χ0n) is 12.4. The number of benzene rings is 1. The first-order valence-electron chi connectivity index (χ1n) is 8.22. The lowest BCUT2D eigenvalue weighted by Gasteiger charge is -2.23. The van der Waals surface area contributed by atoms with E-state index in [4.69, 9.17) is 0 Å². The predicted molar refractivity (Wildman–Crippen MR) is 84.7 cm³/mol. The molecule has 1 aromatic carbocycles. The third kappa shape index (κ3) is 2.42. The molecule has 4 rings (SSSR count). The van der Waals surface area contributed by atoms with E-state index in [0.29, 0.717) is 18.5 Å². The lowest BCUT2D eigenvalue weighted by Crippen LogP contribution is -2.33. The van der Waals surface area contributed by atoms with Gasteiger partial charge in [0.2, 0.25) is 5.91 Å². The van der Waals surface area contributed by atoms with Crippen LogP contribution in [0.3, 0.4) is 0 Å². The maximum absolute atomic E-state index is 11.9. The molecule has 1 aromatic rings. The molecule has 2 unspecified atom stereocenters. The minimum absolute atomic E-state index is 0.259. The molecule has 1 amide bonds. The first-order valence-corrected chi connectivity index (χ1v) is 8.22. The van der Waals surface area contributed by atoms with Crippen LogP contribution in [0.2, 0.25) is 0 Å². The minimum atomic E-state index is 0.259. The molecule has 3 heterocycles. The minimum Gasteiger partial charge on any atom is -0.381 e. The molecule has 0 radical (unpaired) electrons. The van der Waals surface area contributed by atoms with E-state index < -0.39 is 0 Å². The molecule has 2 atom stereocenters. The van der Waals surface area contributed by atoms with Crippen molar-refractivity contribution in [3.63, 3.8) is 0 Å². The highest BCUT2D eigenvalue weighted by Crippen LogP contribution is 2.31. The second kappa shape index (κ2) is 5.34. The van der Waals surface area contributed by atoms with Crippen LogP contribution in [0.4, 0.5) is 11.4 Å². The molecule has 0 aromatic heterocycles. The van der Waals surface area contributed by atoms with Gasteiger partial charge in [-0.25, -0.2) is 0 Å². The zero-order valence-corrected chi connectivity index (χ0v) is 12.4. The summed E-state index contributed by atoms with van der Waals surface area (Å²) < 4.78 is 0. The van der Waals surface area contributed by atoms with E-state index in [1.165, 1.54) is 32.4 Å². The Hall–Kier alpha value is -1.55. The smallest absolute Gasteiger partial charge is 0.227 e. The van der Waals surface area contributed by atoms with Crippen LogP contribution in [0.1, 0.15) is 32.1 Å². The van der Waals surface area contributed by atoms with E-state index in [2.05, 4.69) is 28.4 Å². The molecule has 3 fully saturated rings. The van der Waals surface area contributed by atoms with Crippen LogP contribution in [-0.2, 0) is 4.79 Å². The SMILES string of the molecule is O=C1CCCN1c1cccc(NC2CCN3CCCC23)c1. The predicted octanol–water partition coefficient (Wildman–Crippen LogP) is 2.46. The van der Waals surface area contributed by atoms with Crippen molar-refractivity contribution in [3.05, 3.63) is 24.3 Å². The van der Waals surface area contributed by atoms with Gasteiger partial charge >= 0.3 is 0 Å². The fourth-order valence-electron chi connectivity index (χ4n) is 4.15. The van der Waals surface area contributed by atoms with Crippen molar-refractivity contribution in [2.45, 2.75) is 44.2 Å². The molecule has 21 heavy (non-hydrogen) atoms. The fourth-order valence-corrected chi connectivity index (χ4v) is 4.15. The molecule has 3 saturated heterocycles. The van der Waals surface area contributed by atoms with Crippen LogP contribution in [0.25, 0.3) is 0 Å². The average molecular weight is 285 g/mol. The Morgan fingerprint density at radius 3 is 2.90 bits per heavy atom. The van der Waals surface area contributed by atoms with E-state index in [-0.39, 0.29) is 5.91 Å². The first kappa shape index (κ1) is 13.1. The number of rotatable bonds is 3. The van der Waals surface area contributed by atoms with Crippen LogP contribution >= 0.6 is 0 Å². The quantitative estimate of drug-likeness (QED) is 0.926. The van der Waals surface area contributed by atoms with Crippen LogP contribution in [0.15, 0.2) is 24.3 Å². The number of hydrogen-bond donors (Lipinski definition) is 1. The van der Waals surface area contributed by atoms with Gasteiger partial charge in [0.15, 0.2) is 0 Å². The van der Waals surface area contributed by atoms with Crippen LogP contribution in [-0.4, -0.2) is 42.5 Å². The van der Waals surface area contributed by atoms with Crippen molar-refractivity contribution in [1.82, 2.24) is 4.90 Å². The maximum atomic E-state index is 11.9. The third-order valence-electron chi connectivity index (χ3n) is 5.19. The lowest BCUT2D eigenvalue weighted by atomic mass is 10.1. The summed E-state index contributed by atoms with van der Waals surface area (Å²) >= 11 is 0. The van der Waals surface area contributed by atoms with Crippen molar-refractivity contribution < 1.29 is 4.79 Å². The number of anilines is 2. The Labute approximate surface area is 126 Å². The monoisotopic (exact) mass is 285 g/mol. The van der Waals surface area contributed by atoms with E-state index in [1.807, 2.05) is 11.0 Å². The van der Waals surface area contributed by atoms with Gasteiger partial charge in [0.25, 0.3) is 0 Å². The molecule has 0 bridgehead atoms. The number of nitrogens with zero attached hydrogens (tertiary/aromatic N) is 2. The molecule has 0 aliphatic carbocycles. The summed E-state index contributed by atoms with van der Waals surface area (Å²) in [5.41, 5.74) is 2.20. The van der Waals surface area contributed by atoms with Crippen molar-refractivity contribution >= 4 is 17.3 Å². The van der Waals surface area contributed by atoms with Gasteiger partial charge in [0.1, 0.15) is 0 Å². The highest BCUT2D eigenvalue weighted by molar-refractivity contribution is 5.95. The van der Waals surface area contributed by atoms with Crippen molar-refractivity contribution in [2.24, 2.45) is 0 Å². The largest absolute Gasteiger partial charge is 0.381 e. The molecule has 1 N–H and O–H groups in total. The van der Waals surface area contributed by atoms with E-state index in [1.54, 1.807) is 0 Å². The Bertz CT molecular complexity index is 545. The average Bonchev–Trinajstić information content (AvgIpc) is 3.18. The van der Waals surface area contributed by atoms with E-state index in [0.717, 1.165) is 24.3 Å². The van der Waals surface area contributed by atoms with E-state index >= 15 is 0 Å². The van der Waals surface area contributed by atoms with Crippen LogP contribution in [0, 0.1) is 0 Å². The van der Waals surface area contributed by atoms with Crippen molar-refractivity contribution in [2.75, 3.05) is 29.9 Å². The Morgan fingerprint density at radius 1 is 1.10 bits per heavy atom. The van der Waals surface area contributed by atoms with Gasteiger partial charge in [-0.1, -0.05) is 6.07 Å². The molecule has 0 spiro atoms. The lowest BCUT2D eigenvalue weighted by molar-refractivity contribution is -0.117. The first-order chi connectivity index (χ1) is 10.3. The highest BCUT2D eigenvalue weighted by Gasteiger charge is 2.37. The summed E-state index contributed by atoms with van der Waals surface area (Å²) in [4.78, 5) is 16.4. The number of hydrogen-bond acceptors (Lipinski definition) is 3. The Morgan fingerprint density at radius 2 is 2.05 bits per heavy atom. The standard InChI is InChI=1S/C17H23N3O/c21-17-7-3-10-20(17)14-5-1-4-13(12-14)18-15-8-11-19-9-2-6-16(15)19/h1,4-5,12,15-16,18H,2-3,6-11H2. The third-order valence-corrected chi connectivity index (χ3v) is 5.19. The molecular weight excluding hydrogens is 262 g/mol. The number of amides is 1. The molecular formula is C17H23N3O. The van der Waals surface area contributed by atoms with E-state index in [9.17, 15) is 4.79 Å². The summed E-state index contributed by atoms with van der Waals surface area (Å²) in [5.74, 6) is 0.259. The van der Waals surface area contributed by atoms with Gasteiger partial charge < -0.3 is 10.2 Å². The molecule has 0 saturated carbocycles. The van der Waals surface area contributed by atoms with Crippen LogP contribution in [0.5, 0.6) is 0 Å². The number of fused-ring (bicyclic) bond motifs is 1. The summed E-state index contributed by atoms with van der Waals surface area (Å²) in [6.07, 6.45) is 5.57. The van der Waals surface area contributed by atoms with Gasteiger partial charge in [0.05, 0.1) is 0 Å². The molecule has 3 aliphatic heterocycles. The summed E-state index contributed by atoms with van der Waals surface area (Å²) in [5, 5.41) is 3.71. The van der Waals surface area contributed by atoms with Gasteiger partial charge in [-0.05, 0) is 50.4 Å². The molecule has 112 valence electrons. The second-order valence-corrected chi connectivity index (χ2v) is 6.48. The number of carbonyl (C=O) groups is 1. The highest BCUT2D eigenvalue weighted by atomic mass is 16.2. The van der Waals surface area contributed by atoms with Crippen molar-refractivity contribution in [3.8, 4) is 0 Å². The summed E-state index contributed by atoms with van der Waals surface area (Å²) in [7, 11) is 0. The second-order valence-electron chi connectivity index (χ2n) is 6.48. The van der Waals surface area contributed by atoms with Crippen LogP contribution < -0.4 is 10.2 Å². The number of carbonyl (C=O) groups excluding carboxylic acids is 1. The fraction of sp³-hybridized carbons (Fsp3) is 0.588. The Balaban J connectivity index is 1.49. The normalized spacial score (nSPS) is 29.1. The topological polar surface area (TPSA) is 35.6 Å². The zero-order chi connectivity index (χ0) is 14.2.